The van der Waals surface area contributed by atoms with Crippen LogP contribution in [-0.2, 0) is 13.5 Å². The van der Waals surface area contributed by atoms with Crippen LogP contribution >= 0.6 is 0 Å². The first kappa shape index (κ1) is 12.6. The predicted octanol–water partition coefficient (Wildman–Crippen LogP) is 2.52. The smallest absolute Gasteiger partial charge is 0.108 e. The topological polar surface area (TPSA) is 29.9 Å². The molecule has 1 aromatic rings. The van der Waals surface area contributed by atoms with Crippen molar-refractivity contribution >= 4 is 0 Å². The summed E-state index contributed by atoms with van der Waals surface area (Å²) in [6, 6.07) is 0.744. The lowest BCUT2D eigenvalue weighted by Gasteiger charge is -2.32. The Morgan fingerprint density at radius 1 is 1.41 bits per heavy atom. The third-order valence-electron chi connectivity index (χ3n) is 4.04. The van der Waals surface area contributed by atoms with Gasteiger partial charge in [-0.25, -0.2) is 4.98 Å². The molecule has 3 heteroatoms. The number of hydrogen-bond donors (Lipinski definition) is 1. The molecule has 0 bridgehead atoms. The zero-order chi connectivity index (χ0) is 12.1. The van der Waals surface area contributed by atoms with Crippen molar-refractivity contribution in [1.29, 1.82) is 0 Å². The summed E-state index contributed by atoms with van der Waals surface area (Å²) >= 11 is 0. The Bertz CT molecular complexity index is 330. The summed E-state index contributed by atoms with van der Waals surface area (Å²) < 4.78 is 2.14. The molecular formula is C14H25N3. The SMILES string of the molecule is CCNC1CCCCC1CCc1nccn1C. The summed E-state index contributed by atoms with van der Waals surface area (Å²) in [5.74, 6) is 2.08. The quantitative estimate of drug-likeness (QED) is 0.850. The van der Waals surface area contributed by atoms with Crippen LogP contribution in [0.25, 0.3) is 0 Å². The number of imidazole rings is 1. The highest BCUT2D eigenvalue weighted by Crippen LogP contribution is 2.28. The third kappa shape index (κ3) is 3.32. The Morgan fingerprint density at radius 2 is 2.24 bits per heavy atom. The zero-order valence-electron chi connectivity index (χ0n) is 11.2. The van der Waals surface area contributed by atoms with Crippen molar-refractivity contribution < 1.29 is 0 Å². The van der Waals surface area contributed by atoms with Gasteiger partial charge < -0.3 is 9.88 Å². The molecule has 0 aromatic carbocycles. The van der Waals surface area contributed by atoms with E-state index in [0.29, 0.717) is 0 Å². The second kappa shape index (κ2) is 6.20. The fraction of sp³-hybridized carbons (Fsp3) is 0.786. The highest BCUT2D eigenvalue weighted by Gasteiger charge is 2.24. The first-order valence-corrected chi connectivity index (χ1v) is 7.01. The van der Waals surface area contributed by atoms with E-state index in [4.69, 9.17) is 0 Å². The predicted molar refractivity (Wildman–Crippen MR) is 71.0 cm³/mol. The molecule has 1 aromatic heterocycles. The van der Waals surface area contributed by atoms with E-state index in [1.54, 1.807) is 0 Å². The van der Waals surface area contributed by atoms with E-state index in [9.17, 15) is 0 Å². The van der Waals surface area contributed by atoms with E-state index in [1.165, 1.54) is 37.9 Å². The first-order chi connectivity index (χ1) is 8.31. The average molecular weight is 235 g/mol. The average Bonchev–Trinajstić information content (AvgIpc) is 2.74. The molecule has 2 unspecified atom stereocenters. The minimum absolute atomic E-state index is 0.744. The molecular weight excluding hydrogens is 210 g/mol. The second-order valence-corrected chi connectivity index (χ2v) is 5.20. The summed E-state index contributed by atoms with van der Waals surface area (Å²) in [5.41, 5.74) is 0. The minimum Gasteiger partial charge on any atom is -0.338 e. The molecule has 1 N–H and O–H groups in total. The van der Waals surface area contributed by atoms with E-state index in [0.717, 1.165) is 24.9 Å². The first-order valence-electron chi connectivity index (χ1n) is 7.01. The van der Waals surface area contributed by atoms with E-state index < -0.39 is 0 Å². The molecule has 1 aliphatic rings. The minimum atomic E-state index is 0.744. The van der Waals surface area contributed by atoms with E-state index in [1.807, 2.05) is 12.4 Å². The summed E-state index contributed by atoms with van der Waals surface area (Å²) in [4.78, 5) is 4.41. The third-order valence-corrected chi connectivity index (χ3v) is 4.04. The Kier molecular flexibility index (Phi) is 4.60. The molecule has 1 fully saturated rings. The largest absolute Gasteiger partial charge is 0.338 e. The monoisotopic (exact) mass is 235 g/mol. The van der Waals surface area contributed by atoms with E-state index in [-0.39, 0.29) is 0 Å². The van der Waals surface area contributed by atoms with Gasteiger partial charge in [0, 0.05) is 31.9 Å². The van der Waals surface area contributed by atoms with Gasteiger partial charge in [0.1, 0.15) is 5.82 Å². The van der Waals surface area contributed by atoms with Gasteiger partial charge in [0.15, 0.2) is 0 Å². The molecule has 1 saturated carbocycles. The van der Waals surface area contributed by atoms with Crippen LogP contribution in [0.2, 0.25) is 0 Å². The van der Waals surface area contributed by atoms with Gasteiger partial charge in [0.05, 0.1) is 0 Å². The summed E-state index contributed by atoms with van der Waals surface area (Å²) in [6.45, 7) is 3.31. The molecule has 17 heavy (non-hydrogen) atoms. The molecule has 0 radical (unpaired) electrons. The van der Waals surface area contributed by atoms with Crippen LogP contribution in [0, 0.1) is 5.92 Å². The zero-order valence-corrected chi connectivity index (χ0v) is 11.2. The molecule has 0 aliphatic heterocycles. The number of nitrogens with one attached hydrogen (secondary N) is 1. The van der Waals surface area contributed by atoms with E-state index >= 15 is 0 Å². The fourth-order valence-electron chi connectivity index (χ4n) is 3.04. The molecule has 96 valence electrons. The lowest BCUT2D eigenvalue weighted by atomic mass is 9.81. The van der Waals surface area contributed by atoms with Gasteiger partial charge in [-0.15, -0.1) is 0 Å². The Morgan fingerprint density at radius 3 is 2.94 bits per heavy atom. The Labute approximate surface area is 105 Å². The highest BCUT2D eigenvalue weighted by molar-refractivity contribution is 4.93. The van der Waals surface area contributed by atoms with Gasteiger partial charge in [-0.3, -0.25) is 0 Å². The van der Waals surface area contributed by atoms with E-state index in [2.05, 4.69) is 28.8 Å². The fourth-order valence-corrected chi connectivity index (χ4v) is 3.04. The molecule has 3 nitrogen and oxygen atoms in total. The number of nitrogens with zero attached hydrogens (tertiary/aromatic N) is 2. The number of aryl methyl sites for hydroxylation is 2. The molecule has 1 aliphatic carbocycles. The van der Waals surface area contributed by atoms with Crippen molar-refractivity contribution in [1.82, 2.24) is 14.9 Å². The van der Waals surface area contributed by atoms with Crippen LogP contribution in [0.5, 0.6) is 0 Å². The van der Waals surface area contributed by atoms with Gasteiger partial charge in [-0.2, -0.15) is 0 Å². The lowest BCUT2D eigenvalue weighted by Crippen LogP contribution is -2.38. The molecule has 0 spiro atoms. The van der Waals surface area contributed by atoms with Crippen molar-refractivity contribution in [2.45, 2.75) is 51.5 Å². The van der Waals surface area contributed by atoms with Crippen LogP contribution in [0.4, 0.5) is 0 Å². The molecule has 2 rings (SSSR count). The Balaban J connectivity index is 1.86. The van der Waals surface area contributed by atoms with Gasteiger partial charge in [-0.05, 0) is 31.7 Å². The normalized spacial score (nSPS) is 25.1. The lowest BCUT2D eigenvalue weighted by molar-refractivity contribution is 0.251. The van der Waals surface area contributed by atoms with Crippen LogP contribution in [-0.4, -0.2) is 22.1 Å². The van der Waals surface area contributed by atoms with Crippen molar-refractivity contribution in [2.24, 2.45) is 13.0 Å². The second-order valence-electron chi connectivity index (χ2n) is 5.20. The van der Waals surface area contributed by atoms with Crippen LogP contribution < -0.4 is 5.32 Å². The summed E-state index contributed by atoms with van der Waals surface area (Å²) in [6.07, 6.45) is 11.9. The van der Waals surface area contributed by atoms with Crippen molar-refractivity contribution in [2.75, 3.05) is 6.54 Å². The number of hydrogen-bond acceptors (Lipinski definition) is 2. The maximum Gasteiger partial charge on any atom is 0.108 e. The van der Waals surface area contributed by atoms with Crippen molar-refractivity contribution in [3.05, 3.63) is 18.2 Å². The number of aromatic nitrogens is 2. The van der Waals surface area contributed by atoms with Crippen molar-refractivity contribution in [3.63, 3.8) is 0 Å². The number of rotatable bonds is 5. The van der Waals surface area contributed by atoms with Crippen molar-refractivity contribution in [3.8, 4) is 0 Å². The summed E-state index contributed by atoms with van der Waals surface area (Å²) in [7, 11) is 2.09. The molecule has 2 atom stereocenters. The maximum atomic E-state index is 4.41. The maximum absolute atomic E-state index is 4.41. The van der Waals surface area contributed by atoms with Gasteiger partial charge >= 0.3 is 0 Å². The highest BCUT2D eigenvalue weighted by atomic mass is 15.0. The summed E-state index contributed by atoms with van der Waals surface area (Å²) in [5, 5.41) is 3.65. The van der Waals surface area contributed by atoms with Gasteiger partial charge in [0.25, 0.3) is 0 Å². The standard InChI is InChI=1S/C14H25N3/c1-3-15-13-7-5-4-6-12(13)8-9-14-16-10-11-17(14)2/h10-13,15H,3-9H2,1-2H3. The van der Waals surface area contributed by atoms with Crippen LogP contribution in [0.1, 0.15) is 44.9 Å². The molecule has 0 saturated heterocycles. The molecule has 1 heterocycles. The van der Waals surface area contributed by atoms with Gasteiger partial charge in [-0.1, -0.05) is 19.8 Å². The van der Waals surface area contributed by atoms with Gasteiger partial charge in [0.2, 0.25) is 0 Å². The van der Waals surface area contributed by atoms with Crippen LogP contribution in [0.3, 0.4) is 0 Å². The Hall–Kier alpha value is -0.830. The van der Waals surface area contributed by atoms with Crippen LogP contribution in [0.15, 0.2) is 12.4 Å². The molecule has 0 amide bonds.